The van der Waals surface area contributed by atoms with Crippen molar-refractivity contribution in [3.63, 3.8) is 0 Å². The lowest BCUT2D eigenvalue weighted by molar-refractivity contribution is -0.0873. The van der Waals surface area contributed by atoms with Crippen LogP contribution >= 0.6 is 0 Å². The van der Waals surface area contributed by atoms with Crippen molar-refractivity contribution >= 4 is 32.4 Å². The third-order valence-corrected chi connectivity index (χ3v) is 9.20. The van der Waals surface area contributed by atoms with Crippen LogP contribution in [0, 0.1) is 11.6 Å². The number of benzene rings is 3. The molecule has 1 saturated carbocycles. The van der Waals surface area contributed by atoms with Crippen molar-refractivity contribution in [2.24, 2.45) is 0 Å². The number of alkyl halides is 2. The first kappa shape index (κ1) is 29.2. The maximum Gasteiger partial charge on any atom is 0.272 e. The summed E-state index contributed by atoms with van der Waals surface area (Å²) >= 11 is 0. The van der Waals surface area contributed by atoms with Gasteiger partial charge in [0.15, 0.2) is 5.82 Å². The smallest absolute Gasteiger partial charge is 0.272 e. The van der Waals surface area contributed by atoms with E-state index in [1.54, 1.807) is 12.1 Å². The van der Waals surface area contributed by atoms with Crippen molar-refractivity contribution in [3.05, 3.63) is 101 Å². The van der Waals surface area contributed by atoms with Crippen molar-refractivity contribution in [1.29, 1.82) is 0 Å². The van der Waals surface area contributed by atoms with Crippen molar-refractivity contribution in [2.75, 3.05) is 18.5 Å². The number of ether oxygens (including phenoxy) is 2. The standard InChI is InChI=1S/C30H23F4N3O6S/c1-41-20-5-3-4-19(11-20)37(28-8-9-43-35-28)44(39,40)27-10-17-6-7-29(38)36(24(17)14-23(27)32)25-13-22(31)21(12-26(25)42-2)18-15-30(33,34)16-18/h3-14,18H,15-16H2,1-2H3. The summed E-state index contributed by atoms with van der Waals surface area (Å²) in [4.78, 5) is 12.3. The molecule has 0 saturated heterocycles. The van der Waals surface area contributed by atoms with Gasteiger partial charge in [0.25, 0.3) is 15.6 Å². The second kappa shape index (κ2) is 10.7. The van der Waals surface area contributed by atoms with Crippen LogP contribution in [0.4, 0.5) is 29.1 Å². The van der Waals surface area contributed by atoms with E-state index < -0.39 is 56.8 Å². The van der Waals surface area contributed by atoms with E-state index in [0.29, 0.717) is 5.75 Å². The fourth-order valence-corrected chi connectivity index (χ4v) is 6.83. The van der Waals surface area contributed by atoms with Gasteiger partial charge in [0.1, 0.15) is 34.3 Å². The Morgan fingerprint density at radius 3 is 2.41 bits per heavy atom. The van der Waals surface area contributed by atoms with E-state index in [0.717, 1.165) is 39.4 Å². The van der Waals surface area contributed by atoms with Crippen LogP contribution in [0.1, 0.15) is 24.3 Å². The fraction of sp³-hybridized carbons (Fsp3) is 0.200. The van der Waals surface area contributed by atoms with Crippen molar-refractivity contribution in [1.82, 2.24) is 9.72 Å². The zero-order valence-electron chi connectivity index (χ0n) is 23.1. The van der Waals surface area contributed by atoms with Crippen molar-refractivity contribution in [3.8, 4) is 17.2 Å². The highest BCUT2D eigenvalue weighted by atomic mass is 32.2. The van der Waals surface area contributed by atoms with Crippen molar-refractivity contribution in [2.45, 2.75) is 29.6 Å². The van der Waals surface area contributed by atoms with Crippen LogP contribution in [0.15, 0.2) is 87.2 Å². The number of hydrogen-bond acceptors (Lipinski definition) is 7. The molecule has 1 fully saturated rings. The molecule has 0 bridgehead atoms. The maximum atomic E-state index is 15.9. The highest BCUT2D eigenvalue weighted by Gasteiger charge is 2.47. The van der Waals surface area contributed by atoms with Gasteiger partial charge in [0.2, 0.25) is 5.92 Å². The van der Waals surface area contributed by atoms with E-state index >= 15 is 8.78 Å². The van der Waals surface area contributed by atoms with Crippen LogP contribution in [0.2, 0.25) is 0 Å². The van der Waals surface area contributed by atoms with Gasteiger partial charge in [-0.05, 0) is 41.8 Å². The summed E-state index contributed by atoms with van der Waals surface area (Å²) in [6.07, 6.45) is 0.107. The van der Waals surface area contributed by atoms with Gasteiger partial charge >= 0.3 is 0 Å². The number of sulfonamides is 1. The molecule has 2 aromatic heterocycles. The molecule has 0 N–H and O–H groups in total. The molecule has 1 aliphatic rings. The molecule has 14 heteroatoms. The highest BCUT2D eigenvalue weighted by molar-refractivity contribution is 7.93. The minimum atomic E-state index is -4.71. The Kier molecular flexibility index (Phi) is 7.11. The van der Waals surface area contributed by atoms with Crippen LogP contribution in [0.3, 0.4) is 0 Å². The zero-order chi connectivity index (χ0) is 31.4. The first-order chi connectivity index (χ1) is 20.9. The maximum absolute atomic E-state index is 15.9. The molecule has 0 unspecified atom stereocenters. The summed E-state index contributed by atoms with van der Waals surface area (Å²) in [6, 6.07) is 13.8. The Morgan fingerprint density at radius 2 is 1.75 bits per heavy atom. The lowest BCUT2D eigenvalue weighted by Gasteiger charge is -2.35. The topological polar surface area (TPSA) is 104 Å². The summed E-state index contributed by atoms with van der Waals surface area (Å²) in [5, 5.41) is 3.85. The lowest BCUT2D eigenvalue weighted by Crippen LogP contribution is -2.34. The van der Waals surface area contributed by atoms with Gasteiger partial charge in [0.05, 0.1) is 31.1 Å². The molecule has 0 aliphatic heterocycles. The zero-order valence-corrected chi connectivity index (χ0v) is 23.9. The normalized spacial score (nSPS) is 14.8. The van der Waals surface area contributed by atoms with E-state index in [2.05, 4.69) is 5.16 Å². The van der Waals surface area contributed by atoms with E-state index in [1.807, 2.05) is 0 Å². The van der Waals surface area contributed by atoms with Gasteiger partial charge in [-0.15, -0.1) is 0 Å². The Hall–Kier alpha value is -4.85. The largest absolute Gasteiger partial charge is 0.497 e. The Balaban J connectivity index is 1.50. The number of methoxy groups -OCH3 is 2. The molecular weight excluding hydrogens is 606 g/mol. The Morgan fingerprint density at radius 1 is 0.977 bits per heavy atom. The van der Waals surface area contributed by atoms with Gasteiger partial charge in [-0.1, -0.05) is 11.2 Å². The molecule has 0 radical (unpaired) electrons. The van der Waals surface area contributed by atoms with Crippen molar-refractivity contribution < 1.29 is 40.0 Å². The molecule has 2 heterocycles. The first-order valence-electron chi connectivity index (χ1n) is 13.1. The number of anilines is 2. The van der Waals surface area contributed by atoms with Crippen LogP contribution in [-0.4, -0.2) is 38.3 Å². The average molecular weight is 630 g/mol. The minimum Gasteiger partial charge on any atom is -0.497 e. The van der Waals surface area contributed by atoms with E-state index in [9.17, 15) is 22.0 Å². The highest BCUT2D eigenvalue weighted by Crippen LogP contribution is 2.50. The summed E-state index contributed by atoms with van der Waals surface area (Å²) in [7, 11) is -2.05. The predicted octanol–water partition coefficient (Wildman–Crippen LogP) is 6.31. The predicted molar refractivity (Wildman–Crippen MR) is 152 cm³/mol. The molecule has 0 atom stereocenters. The second-order valence-corrected chi connectivity index (χ2v) is 11.9. The molecule has 6 rings (SSSR count). The molecule has 3 aromatic carbocycles. The number of fused-ring (bicyclic) bond motifs is 1. The quantitative estimate of drug-likeness (QED) is 0.185. The number of hydrogen-bond donors (Lipinski definition) is 0. The minimum absolute atomic E-state index is 0.00913. The van der Waals surface area contributed by atoms with Gasteiger partial charge in [-0.2, -0.15) is 0 Å². The van der Waals surface area contributed by atoms with Gasteiger partial charge < -0.3 is 14.0 Å². The second-order valence-electron chi connectivity index (χ2n) is 10.2. The summed E-state index contributed by atoms with van der Waals surface area (Å²) in [5.74, 6) is -5.54. The average Bonchev–Trinajstić information content (AvgIpc) is 3.49. The van der Waals surface area contributed by atoms with Crippen LogP contribution in [-0.2, 0) is 10.0 Å². The molecule has 5 aromatic rings. The summed E-state index contributed by atoms with van der Waals surface area (Å²) < 4.78 is 103. The third kappa shape index (κ3) is 4.94. The van der Waals surface area contributed by atoms with Gasteiger partial charge in [0, 0.05) is 48.6 Å². The Bertz CT molecular complexity index is 2060. The lowest BCUT2D eigenvalue weighted by atomic mass is 9.76. The molecule has 228 valence electrons. The third-order valence-electron chi connectivity index (χ3n) is 7.46. The van der Waals surface area contributed by atoms with Crippen LogP contribution in [0.25, 0.3) is 16.6 Å². The van der Waals surface area contributed by atoms with E-state index in [1.165, 1.54) is 44.6 Å². The number of nitrogens with zero attached hydrogens (tertiary/aromatic N) is 3. The number of pyridine rings is 1. The van der Waals surface area contributed by atoms with E-state index in [4.69, 9.17) is 14.0 Å². The van der Waals surface area contributed by atoms with Gasteiger partial charge in [-0.25, -0.2) is 30.3 Å². The molecule has 9 nitrogen and oxygen atoms in total. The molecule has 44 heavy (non-hydrogen) atoms. The fourth-order valence-electron chi connectivity index (χ4n) is 5.32. The molecular formula is C30H23F4N3O6S. The first-order valence-corrected chi connectivity index (χ1v) is 14.6. The molecule has 0 amide bonds. The Labute approximate surface area is 247 Å². The van der Waals surface area contributed by atoms with E-state index in [-0.39, 0.29) is 39.4 Å². The number of aromatic nitrogens is 2. The molecule has 0 spiro atoms. The molecule has 1 aliphatic carbocycles. The van der Waals surface area contributed by atoms with Gasteiger partial charge in [-0.3, -0.25) is 9.36 Å². The van der Waals surface area contributed by atoms with Crippen LogP contribution < -0.4 is 19.3 Å². The summed E-state index contributed by atoms with van der Waals surface area (Å²) in [6.45, 7) is 0. The van der Waals surface area contributed by atoms with Crippen LogP contribution in [0.5, 0.6) is 11.5 Å². The number of rotatable bonds is 8. The summed E-state index contributed by atoms with van der Waals surface area (Å²) in [5.41, 5.74) is -0.828. The monoisotopic (exact) mass is 629 g/mol. The number of halogens is 4. The SMILES string of the molecule is COc1cccc(N(c2ccon2)S(=O)(=O)c2cc3ccc(=O)n(-c4cc(F)c(C5CC(F)(F)C5)cc4OC)c3cc2F)c1.